The van der Waals surface area contributed by atoms with Crippen molar-refractivity contribution in [1.29, 1.82) is 5.26 Å². The van der Waals surface area contributed by atoms with Crippen LogP contribution in [0.1, 0.15) is 11.1 Å². The van der Waals surface area contributed by atoms with Gasteiger partial charge < -0.3 is 4.74 Å². The topological polar surface area (TPSA) is 45.9 Å². The van der Waals surface area contributed by atoms with Gasteiger partial charge in [-0.05, 0) is 36.1 Å². The van der Waals surface area contributed by atoms with Crippen LogP contribution in [0.5, 0.6) is 5.75 Å². The molecule has 0 amide bonds. The third kappa shape index (κ3) is 2.35. The van der Waals surface area contributed by atoms with E-state index in [1.165, 1.54) is 0 Å². The standard InChI is InChI=1S/C16H13ClN2O/c17-14-9-19-6-5-12(14)7-16(10-18)8-13-3-1-2-4-15(13)20-11-16/h1-6,9H,7-8,11H2. The summed E-state index contributed by atoms with van der Waals surface area (Å²) in [5.41, 5.74) is 1.44. The van der Waals surface area contributed by atoms with E-state index in [1.54, 1.807) is 12.4 Å². The summed E-state index contributed by atoms with van der Waals surface area (Å²) in [5, 5.41) is 10.2. The molecule has 1 unspecified atom stereocenters. The van der Waals surface area contributed by atoms with Crippen molar-refractivity contribution in [2.75, 3.05) is 6.61 Å². The maximum atomic E-state index is 9.63. The Morgan fingerprint density at radius 1 is 1.35 bits per heavy atom. The van der Waals surface area contributed by atoms with Crippen molar-refractivity contribution >= 4 is 11.6 Å². The molecule has 0 saturated carbocycles. The van der Waals surface area contributed by atoms with Crippen LogP contribution >= 0.6 is 11.6 Å². The number of ether oxygens (including phenoxy) is 1. The molecular formula is C16H13ClN2O. The Labute approximate surface area is 122 Å². The lowest BCUT2D eigenvalue weighted by Crippen LogP contribution is -2.35. The van der Waals surface area contributed by atoms with Crippen LogP contribution in [0.2, 0.25) is 5.02 Å². The molecule has 1 aromatic carbocycles. The summed E-state index contributed by atoms with van der Waals surface area (Å²) in [4.78, 5) is 3.98. The van der Waals surface area contributed by atoms with Crippen LogP contribution in [0.15, 0.2) is 42.7 Å². The fourth-order valence-corrected chi connectivity index (χ4v) is 2.75. The first-order valence-corrected chi connectivity index (χ1v) is 6.81. The zero-order valence-electron chi connectivity index (χ0n) is 10.8. The molecule has 100 valence electrons. The number of aromatic nitrogens is 1. The molecule has 4 heteroatoms. The zero-order valence-corrected chi connectivity index (χ0v) is 11.6. The molecule has 0 bridgehead atoms. The van der Waals surface area contributed by atoms with E-state index in [-0.39, 0.29) is 0 Å². The number of halogens is 1. The molecular weight excluding hydrogens is 272 g/mol. The van der Waals surface area contributed by atoms with Gasteiger partial charge in [0.1, 0.15) is 12.4 Å². The molecule has 0 spiro atoms. The van der Waals surface area contributed by atoms with Crippen molar-refractivity contribution in [3.05, 3.63) is 58.9 Å². The van der Waals surface area contributed by atoms with Crippen LogP contribution < -0.4 is 4.74 Å². The monoisotopic (exact) mass is 284 g/mol. The van der Waals surface area contributed by atoms with Gasteiger partial charge in [-0.1, -0.05) is 29.8 Å². The minimum Gasteiger partial charge on any atom is -0.492 e. The molecule has 1 aromatic heterocycles. The van der Waals surface area contributed by atoms with E-state index in [9.17, 15) is 5.26 Å². The van der Waals surface area contributed by atoms with Crippen molar-refractivity contribution in [2.24, 2.45) is 5.41 Å². The van der Waals surface area contributed by atoms with Crippen LogP contribution in [0, 0.1) is 16.7 Å². The fourth-order valence-electron chi connectivity index (χ4n) is 2.56. The summed E-state index contributed by atoms with van der Waals surface area (Å²) in [7, 11) is 0. The number of nitrogens with zero attached hydrogens (tertiary/aromatic N) is 2. The lowest BCUT2D eigenvalue weighted by Gasteiger charge is -2.32. The zero-order chi connectivity index (χ0) is 14.0. The van der Waals surface area contributed by atoms with Gasteiger partial charge in [0, 0.05) is 12.4 Å². The summed E-state index contributed by atoms with van der Waals surface area (Å²) < 4.78 is 5.76. The first kappa shape index (κ1) is 13.0. The van der Waals surface area contributed by atoms with E-state index in [2.05, 4.69) is 11.1 Å². The fraction of sp³-hybridized carbons (Fsp3) is 0.250. The van der Waals surface area contributed by atoms with Gasteiger partial charge in [-0.3, -0.25) is 4.98 Å². The van der Waals surface area contributed by atoms with E-state index in [4.69, 9.17) is 16.3 Å². The molecule has 3 rings (SSSR count). The average Bonchev–Trinajstić information content (AvgIpc) is 2.49. The highest BCUT2D eigenvalue weighted by Gasteiger charge is 2.36. The molecule has 0 saturated heterocycles. The summed E-state index contributed by atoms with van der Waals surface area (Å²) in [6.07, 6.45) is 4.56. The second kappa shape index (κ2) is 5.15. The largest absolute Gasteiger partial charge is 0.492 e. The summed E-state index contributed by atoms with van der Waals surface area (Å²) >= 11 is 6.15. The Kier molecular flexibility index (Phi) is 3.33. The number of hydrogen-bond donors (Lipinski definition) is 0. The summed E-state index contributed by atoms with van der Waals surface area (Å²) in [6.45, 7) is 0.388. The Hall–Kier alpha value is -2.05. The molecule has 1 aliphatic rings. The van der Waals surface area contributed by atoms with E-state index < -0.39 is 5.41 Å². The third-order valence-electron chi connectivity index (χ3n) is 3.63. The maximum Gasteiger partial charge on any atom is 0.122 e. The predicted molar refractivity (Wildman–Crippen MR) is 76.6 cm³/mol. The SMILES string of the molecule is N#CC1(Cc2ccncc2Cl)COc2ccccc2C1. The molecule has 0 aliphatic carbocycles. The Balaban J connectivity index is 1.91. The van der Waals surface area contributed by atoms with Crippen molar-refractivity contribution in [3.63, 3.8) is 0 Å². The molecule has 1 aliphatic heterocycles. The van der Waals surface area contributed by atoms with Crippen molar-refractivity contribution in [1.82, 2.24) is 4.98 Å². The highest BCUT2D eigenvalue weighted by Crippen LogP contribution is 2.37. The second-order valence-electron chi connectivity index (χ2n) is 5.11. The first-order chi connectivity index (χ1) is 9.72. The first-order valence-electron chi connectivity index (χ1n) is 6.43. The van der Waals surface area contributed by atoms with Gasteiger partial charge in [0.15, 0.2) is 0 Å². The lowest BCUT2D eigenvalue weighted by molar-refractivity contribution is 0.169. The molecule has 0 N–H and O–H groups in total. The molecule has 0 radical (unpaired) electrons. The quantitative estimate of drug-likeness (QED) is 0.849. The number of nitriles is 1. The molecule has 1 atom stereocenters. The van der Waals surface area contributed by atoms with E-state index in [1.807, 2.05) is 30.3 Å². The highest BCUT2D eigenvalue weighted by atomic mass is 35.5. The number of pyridine rings is 1. The van der Waals surface area contributed by atoms with Gasteiger partial charge in [-0.25, -0.2) is 0 Å². The van der Waals surface area contributed by atoms with Gasteiger partial charge in [-0.2, -0.15) is 5.26 Å². The lowest BCUT2D eigenvalue weighted by atomic mass is 9.77. The highest BCUT2D eigenvalue weighted by molar-refractivity contribution is 6.31. The van der Waals surface area contributed by atoms with Gasteiger partial charge in [0.05, 0.1) is 16.5 Å². The Morgan fingerprint density at radius 3 is 3.00 bits per heavy atom. The van der Waals surface area contributed by atoms with Crippen LogP contribution in [0.3, 0.4) is 0 Å². The number of para-hydroxylation sites is 1. The van der Waals surface area contributed by atoms with Crippen molar-refractivity contribution in [3.8, 4) is 11.8 Å². The van der Waals surface area contributed by atoms with Gasteiger partial charge in [0.25, 0.3) is 0 Å². The molecule has 2 aromatic rings. The summed E-state index contributed by atoms with van der Waals surface area (Å²) in [6, 6.07) is 12.2. The normalized spacial score (nSPS) is 20.6. The van der Waals surface area contributed by atoms with Crippen LogP contribution in [0.4, 0.5) is 0 Å². The second-order valence-corrected chi connectivity index (χ2v) is 5.52. The maximum absolute atomic E-state index is 9.63. The molecule has 3 nitrogen and oxygen atoms in total. The van der Waals surface area contributed by atoms with Crippen molar-refractivity contribution < 1.29 is 4.74 Å². The van der Waals surface area contributed by atoms with Gasteiger partial charge in [0.2, 0.25) is 0 Å². The van der Waals surface area contributed by atoms with Crippen LogP contribution in [0.25, 0.3) is 0 Å². The molecule has 0 fully saturated rings. The number of benzene rings is 1. The van der Waals surface area contributed by atoms with Gasteiger partial charge in [-0.15, -0.1) is 0 Å². The van der Waals surface area contributed by atoms with Crippen LogP contribution in [-0.4, -0.2) is 11.6 Å². The average molecular weight is 285 g/mol. The third-order valence-corrected chi connectivity index (χ3v) is 3.97. The van der Waals surface area contributed by atoms with E-state index >= 15 is 0 Å². The Morgan fingerprint density at radius 2 is 2.20 bits per heavy atom. The van der Waals surface area contributed by atoms with E-state index in [0.29, 0.717) is 24.5 Å². The number of hydrogen-bond acceptors (Lipinski definition) is 3. The molecule has 2 heterocycles. The van der Waals surface area contributed by atoms with Gasteiger partial charge >= 0.3 is 0 Å². The predicted octanol–water partition coefficient (Wildman–Crippen LogP) is 3.42. The van der Waals surface area contributed by atoms with Crippen LogP contribution in [-0.2, 0) is 12.8 Å². The molecule has 20 heavy (non-hydrogen) atoms. The minimum absolute atomic E-state index is 0.388. The minimum atomic E-state index is -0.570. The smallest absolute Gasteiger partial charge is 0.122 e. The number of rotatable bonds is 2. The number of fused-ring (bicyclic) bond motifs is 1. The summed E-state index contributed by atoms with van der Waals surface area (Å²) in [5.74, 6) is 0.874. The van der Waals surface area contributed by atoms with Crippen molar-refractivity contribution in [2.45, 2.75) is 12.8 Å². The Bertz CT molecular complexity index is 680. The van der Waals surface area contributed by atoms with E-state index in [0.717, 1.165) is 16.9 Å².